The van der Waals surface area contributed by atoms with E-state index in [2.05, 4.69) is 50.1 Å². The first kappa shape index (κ1) is 15.8. The second kappa shape index (κ2) is 8.93. The van der Waals surface area contributed by atoms with Crippen LogP contribution in [0.5, 0.6) is 0 Å². The molecule has 1 atom stereocenters. The summed E-state index contributed by atoms with van der Waals surface area (Å²) in [5.41, 5.74) is 0. The number of hydrogen-bond donors (Lipinski definition) is 2. The summed E-state index contributed by atoms with van der Waals surface area (Å²) < 4.78 is 0. The summed E-state index contributed by atoms with van der Waals surface area (Å²) >= 11 is 0. The summed E-state index contributed by atoms with van der Waals surface area (Å²) in [7, 11) is 6.31. The average molecular weight is 231 g/mol. The van der Waals surface area contributed by atoms with Gasteiger partial charge in [0.2, 0.25) is 0 Å². The highest BCUT2D eigenvalue weighted by Gasteiger charge is 2.09. The zero-order chi connectivity index (χ0) is 12.6. The summed E-state index contributed by atoms with van der Waals surface area (Å²) in [6, 6.07) is 0.658. The molecule has 4 heteroatoms. The van der Waals surface area contributed by atoms with Crippen molar-refractivity contribution < 1.29 is 5.11 Å². The molecular weight excluding hydrogens is 202 g/mol. The summed E-state index contributed by atoms with van der Waals surface area (Å²) in [5, 5.41) is 12.6. The molecule has 0 bridgehead atoms. The van der Waals surface area contributed by atoms with Gasteiger partial charge in [0.25, 0.3) is 0 Å². The van der Waals surface area contributed by atoms with Gasteiger partial charge in [-0.2, -0.15) is 0 Å². The Morgan fingerprint density at radius 2 is 1.69 bits per heavy atom. The van der Waals surface area contributed by atoms with Crippen molar-refractivity contribution >= 4 is 0 Å². The Morgan fingerprint density at radius 3 is 2.12 bits per heavy atom. The van der Waals surface area contributed by atoms with Crippen molar-refractivity contribution in [3.05, 3.63) is 0 Å². The van der Waals surface area contributed by atoms with Crippen LogP contribution in [0.3, 0.4) is 0 Å². The number of nitrogens with zero attached hydrogens (tertiary/aromatic N) is 2. The number of nitrogens with one attached hydrogen (secondary N) is 1. The molecule has 0 aromatic carbocycles. The molecule has 0 saturated carbocycles. The fourth-order valence-corrected chi connectivity index (χ4v) is 1.56. The first-order valence-electron chi connectivity index (χ1n) is 6.16. The molecule has 0 aliphatic carbocycles. The molecule has 16 heavy (non-hydrogen) atoms. The lowest BCUT2D eigenvalue weighted by Crippen LogP contribution is -2.40. The number of rotatable bonds is 9. The van der Waals surface area contributed by atoms with Crippen LogP contribution in [0.2, 0.25) is 0 Å². The molecule has 4 nitrogen and oxygen atoms in total. The number of aliphatic hydroxyl groups excluding tert-OH is 1. The predicted octanol–water partition coefficient (Wildman–Crippen LogP) is 0.229. The van der Waals surface area contributed by atoms with Crippen LogP contribution < -0.4 is 5.32 Å². The van der Waals surface area contributed by atoms with E-state index in [0.717, 1.165) is 26.1 Å². The van der Waals surface area contributed by atoms with E-state index in [9.17, 15) is 5.11 Å². The van der Waals surface area contributed by atoms with Gasteiger partial charge in [0.05, 0.1) is 6.61 Å². The van der Waals surface area contributed by atoms with Gasteiger partial charge in [-0.15, -0.1) is 0 Å². The Morgan fingerprint density at radius 1 is 1.06 bits per heavy atom. The highest BCUT2D eigenvalue weighted by atomic mass is 16.3. The lowest BCUT2D eigenvalue weighted by atomic mass is 10.2. The zero-order valence-corrected chi connectivity index (χ0v) is 11.5. The molecule has 0 aromatic rings. The molecule has 0 aliphatic heterocycles. The van der Waals surface area contributed by atoms with E-state index in [1.165, 1.54) is 0 Å². The molecule has 0 rings (SSSR count). The molecule has 98 valence electrons. The van der Waals surface area contributed by atoms with Crippen molar-refractivity contribution in [3.63, 3.8) is 0 Å². The van der Waals surface area contributed by atoms with Crippen molar-refractivity contribution in [2.45, 2.75) is 32.4 Å². The highest BCUT2D eigenvalue weighted by molar-refractivity contribution is 4.70. The molecular formula is C12H29N3O. The Labute approximate surface area is 101 Å². The van der Waals surface area contributed by atoms with Gasteiger partial charge < -0.3 is 20.2 Å². The van der Waals surface area contributed by atoms with Crippen molar-refractivity contribution in [3.8, 4) is 0 Å². The van der Waals surface area contributed by atoms with Crippen molar-refractivity contribution in [1.29, 1.82) is 0 Å². The van der Waals surface area contributed by atoms with E-state index in [4.69, 9.17) is 0 Å². The largest absolute Gasteiger partial charge is 0.395 e. The molecule has 1 unspecified atom stereocenters. The quantitative estimate of drug-likeness (QED) is 0.596. The molecule has 0 heterocycles. The minimum atomic E-state index is 0.222. The molecule has 0 saturated heterocycles. The zero-order valence-electron chi connectivity index (χ0n) is 11.5. The number of likely N-dealkylation sites (N-methyl/N-ethyl adjacent to an activating group) is 2. The third-order valence-electron chi connectivity index (χ3n) is 2.58. The van der Waals surface area contributed by atoms with Crippen LogP contribution in [0.1, 0.15) is 20.3 Å². The van der Waals surface area contributed by atoms with Crippen LogP contribution in [-0.4, -0.2) is 74.4 Å². The number of aliphatic hydroxyl groups is 1. The highest BCUT2D eigenvalue weighted by Crippen LogP contribution is 1.96. The van der Waals surface area contributed by atoms with Crippen LogP contribution in [0.25, 0.3) is 0 Å². The third-order valence-corrected chi connectivity index (χ3v) is 2.58. The minimum absolute atomic E-state index is 0.222. The second-order valence-electron chi connectivity index (χ2n) is 5.10. The van der Waals surface area contributed by atoms with Gasteiger partial charge in [-0.3, -0.25) is 0 Å². The first-order chi connectivity index (χ1) is 7.45. The van der Waals surface area contributed by atoms with E-state index >= 15 is 0 Å². The molecule has 0 amide bonds. The lowest BCUT2D eigenvalue weighted by molar-refractivity contribution is 0.206. The van der Waals surface area contributed by atoms with Gasteiger partial charge in [-0.1, -0.05) is 13.8 Å². The van der Waals surface area contributed by atoms with Crippen LogP contribution in [0.15, 0.2) is 0 Å². The maximum absolute atomic E-state index is 9.22. The normalized spacial score (nSPS) is 14.1. The van der Waals surface area contributed by atoms with Gasteiger partial charge >= 0.3 is 0 Å². The standard InChI is InChI=1S/C12H29N3O/c1-11(2)13-12(10-16)6-7-15(5)9-8-14(3)4/h11-13,16H,6-10H2,1-5H3. The molecule has 0 spiro atoms. The van der Waals surface area contributed by atoms with Gasteiger partial charge in [0.15, 0.2) is 0 Å². The summed E-state index contributed by atoms with van der Waals surface area (Å²) in [5.74, 6) is 0. The van der Waals surface area contributed by atoms with Crippen molar-refractivity contribution in [1.82, 2.24) is 15.1 Å². The van der Waals surface area contributed by atoms with E-state index in [1.807, 2.05) is 0 Å². The Balaban J connectivity index is 3.66. The van der Waals surface area contributed by atoms with E-state index < -0.39 is 0 Å². The molecule has 0 aromatic heterocycles. The fourth-order valence-electron chi connectivity index (χ4n) is 1.56. The van der Waals surface area contributed by atoms with Crippen LogP contribution >= 0.6 is 0 Å². The second-order valence-corrected chi connectivity index (χ2v) is 5.10. The fraction of sp³-hybridized carbons (Fsp3) is 1.00. The van der Waals surface area contributed by atoms with E-state index in [1.54, 1.807) is 0 Å². The number of hydrogen-bond acceptors (Lipinski definition) is 4. The smallest absolute Gasteiger partial charge is 0.0585 e. The summed E-state index contributed by atoms with van der Waals surface area (Å²) in [4.78, 5) is 4.50. The van der Waals surface area contributed by atoms with Gasteiger partial charge in [-0.25, -0.2) is 0 Å². The average Bonchev–Trinajstić information content (AvgIpc) is 2.20. The third kappa shape index (κ3) is 9.09. The van der Waals surface area contributed by atoms with Crippen LogP contribution in [0, 0.1) is 0 Å². The van der Waals surface area contributed by atoms with Crippen molar-refractivity contribution in [2.75, 3.05) is 47.4 Å². The molecule has 0 fully saturated rings. The summed E-state index contributed by atoms with van der Waals surface area (Å²) in [6.45, 7) is 7.63. The monoisotopic (exact) mass is 231 g/mol. The Bertz CT molecular complexity index is 162. The molecule has 0 radical (unpaired) electrons. The molecule has 2 N–H and O–H groups in total. The maximum Gasteiger partial charge on any atom is 0.0585 e. The predicted molar refractivity (Wildman–Crippen MR) is 69.8 cm³/mol. The SMILES string of the molecule is CC(C)NC(CO)CCN(C)CCN(C)C. The first-order valence-corrected chi connectivity index (χ1v) is 6.16. The van der Waals surface area contributed by atoms with Gasteiger partial charge in [-0.05, 0) is 34.1 Å². The van der Waals surface area contributed by atoms with Crippen LogP contribution in [0.4, 0.5) is 0 Å². The molecule has 0 aliphatic rings. The van der Waals surface area contributed by atoms with E-state index in [-0.39, 0.29) is 12.6 Å². The summed E-state index contributed by atoms with van der Waals surface area (Å²) in [6.07, 6.45) is 0.999. The lowest BCUT2D eigenvalue weighted by Gasteiger charge is -2.23. The Kier molecular flexibility index (Phi) is 8.84. The topological polar surface area (TPSA) is 38.7 Å². The maximum atomic E-state index is 9.22. The Hall–Kier alpha value is -0.160. The minimum Gasteiger partial charge on any atom is -0.395 e. The van der Waals surface area contributed by atoms with Crippen molar-refractivity contribution in [2.24, 2.45) is 0 Å². The van der Waals surface area contributed by atoms with Crippen LogP contribution in [-0.2, 0) is 0 Å². The van der Waals surface area contributed by atoms with E-state index in [0.29, 0.717) is 6.04 Å². The van der Waals surface area contributed by atoms with Gasteiger partial charge in [0.1, 0.15) is 0 Å². The van der Waals surface area contributed by atoms with Gasteiger partial charge in [0, 0.05) is 25.2 Å².